The molecule has 0 heterocycles. The normalized spacial score (nSPS) is 17.5. The van der Waals surface area contributed by atoms with Crippen molar-refractivity contribution in [3.63, 3.8) is 0 Å². The molecule has 0 aliphatic heterocycles. The van der Waals surface area contributed by atoms with E-state index in [0.29, 0.717) is 24.6 Å². The summed E-state index contributed by atoms with van der Waals surface area (Å²) in [5.41, 5.74) is 12.0. The fourth-order valence-electron chi connectivity index (χ4n) is 2.43. The molecule has 1 aliphatic carbocycles. The van der Waals surface area contributed by atoms with Gasteiger partial charge in [0.15, 0.2) is 0 Å². The van der Waals surface area contributed by atoms with Gasteiger partial charge in [-0.2, -0.15) is 0 Å². The SMILES string of the molecule is Cl.Cl.NC[C@H]1CC[C@H](C(=O)O)CC1.NCc1ccc(C(=O)O)cc1.OCO. The second kappa shape index (κ2) is 18.0. The number of carboxylic acid groups (broad SMARTS) is 2. The largest absolute Gasteiger partial charge is 0.481 e. The fraction of sp³-hybridized carbons (Fsp3) is 0.529. The van der Waals surface area contributed by atoms with Gasteiger partial charge in [-0.3, -0.25) is 4.79 Å². The van der Waals surface area contributed by atoms with Crippen LogP contribution < -0.4 is 11.5 Å². The van der Waals surface area contributed by atoms with Crippen LogP contribution in [0.15, 0.2) is 24.3 Å². The summed E-state index contributed by atoms with van der Waals surface area (Å²) in [5, 5.41) is 31.4. The maximum atomic E-state index is 10.5. The molecule has 0 radical (unpaired) electrons. The quantitative estimate of drug-likeness (QED) is 0.391. The van der Waals surface area contributed by atoms with E-state index in [1.165, 1.54) is 0 Å². The molecule has 0 spiro atoms. The van der Waals surface area contributed by atoms with Gasteiger partial charge in [0.1, 0.15) is 6.79 Å². The minimum Gasteiger partial charge on any atom is -0.481 e. The summed E-state index contributed by atoms with van der Waals surface area (Å²) in [6.45, 7) is 0.409. The Kier molecular flexibility index (Phi) is 20.2. The molecule has 0 unspecified atom stereocenters. The third-order valence-electron chi connectivity index (χ3n) is 3.97. The van der Waals surface area contributed by atoms with E-state index >= 15 is 0 Å². The van der Waals surface area contributed by atoms with Crippen molar-refractivity contribution in [1.29, 1.82) is 0 Å². The van der Waals surface area contributed by atoms with Gasteiger partial charge in [-0.1, -0.05) is 12.1 Å². The Labute approximate surface area is 171 Å². The number of carboxylic acids is 2. The molecule has 0 bridgehead atoms. The topological polar surface area (TPSA) is 167 Å². The highest BCUT2D eigenvalue weighted by atomic mass is 35.5. The first-order valence-electron chi connectivity index (χ1n) is 8.06. The van der Waals surface area contributed by atoms with Gasteiger partial charge in [0, 0.05) is 6.54 Å². The average Bonchev–Trinajstić information content (AvgIpc) is 2.63. The summed E-state index contributed by atoms with van der Waals surface area (Å²) in [4.78, 5) is 20.9. The van der Waals surface area contributed by atoms with Gasteiger partial charge in [0.05, 0.1) is 11.5 Å². The second-order valence-electron chi connectivity index (χ2n) is 5.64. The first-order valence-corrected chi connectivity index (χ1v) is 8.06. The molecular weight excluding hydrogens is 399 g/mol. The summed E-state index contributed by atoms with van der Waals surface area (Å²) in [6.07, 6.45) is 3.62. The van der Waals surface area contributed by atoms with E-state index in [4.69, 9.17) is 31.9 Å². The molecule has 0 saturated heterocycles. The van der Waals surface area contributed by atoms with Gasteiger partial charge in [0.2, 0.25) is 0 Å². The zero-order chi connectivity index (χ0) is 19.2. The Balaban J connectivity index is -0.000000350. The lowest BCUT2D eigenvalue weighted by Crippen LogP contribution is -2.25. The van der Waals surface area contributed by atoms with Gasteiger partial charge >= 0.3 is 11.9 Å². The van der Waals surface area contributed by atoms with E-state index < -0.39 is 18.7 Å². The molecule has 8 nitrogen and oxygen atoms in total. The third-order valence-corrected chi connectivity index (χ3v) is 3.97. The van der Waals surface area contributed by atoms with Crippen LogP contribution in [0, 0.1) is 11.8 Å². The van der Waals surface area contributed by atoms with Crippen molar-refractivity contribution in [1.82, 2.24) is 0 Å². The molecule has 0 atom stereocenters. The van der Waals surface area contributed by atoms with Crippen molar-refractivity contribution in [3.8, 4) is 0 Å². The summed E-state index contributed by atoms with van der Waals surface area (Å²) in [5.74, 6) is -1.07. The van der Waals surface area contributed by atoms with E-state index in [1.54, 1.807) is 24.3 Å². The van der Waals surface area contributed by atoms with E-state index in [-0.39, 0.29) is 30.7 Å². The number of carbonyl (C=O) groups is 2. The van der Waals surface area contributed by atoms with E-state index in [0.717, 1.165) is 31.2 Å². The van der Waals surface area contributed by atoms with Crippen LogP contribution in [0.3, 0.4) is 0 Å². The number of halogens is 2. The Morgan fingerprint density at radius 1 is 0.926 bits per heavy atom. The lowest BCUT2D eigenvalue weighted by atomic mass is 9.82. The zero-order valence-electron chi connectivity index (χ0n) is 15.0. The monoisotopic (exact) mass is 428 g/mol. The van der Waals surface area contributed by atoms with Gasteiger partial charge in [-0.25, -0.2) is 4.79 Å². The molecular formula is C17H30Cl2N2O6. The smallest absolute Gasteiger partial charge is 0.335 e. The molecule has 27 heavy (non-hydrogen) atoms. The Morgan fingerprint density at radius 3 is 1.67 bits per heavy atom. The molecule has 1 fully saturated rings. The summed E-state index contributed by atoms with van der Waals surface area (Å²) >= 11 is 0. The highest BCUT2D eigenvalue weighted by Gasteiger charge is 2.24. The van der Waals surface area contributed by atoms with Gasteiger partial charge in [-0.15, -0.1) is 24.8 Å². The number of benzene rings is 1. The van der Waals surface area contributed by atoms with E-state index in [1.807, 2.05) is 0 Å². The maximum Gasteiger partial charge on any atom is 0.335 e. The van der Waals surface area contributed by atoms with Gasteiger partial charge in [-0.05, 0) is 55.8 Å². The molecule has 2 rings (SSSR count). The first-order chi connectivity index (χ1) is 11.9. The van der Waals surface area contributed by atoms with Crippen LogP contribution in [0.1, 0.15) is 41.6 Å². The first kappa shape index (κ1) is 30.3. The summed E-state index contributed by atoms with van der Waals surface area (Å²) < 4.78 is 0. The van der Waals surface area contributed by atoms with Crippen LogP contribution in [0.25, 0.3) is 0 Å². The third kappa shape index (κ3) is 13.4. The zero-order valence-corrected chi connectivity index (χ0v) is 16.6. The van der Waals surface area contributed by atoms with E-state index in [9.17, 15) is 9.59 Å². The molecule has 1 aromatic rings. The second-order valence-corrected chi connectivity index (χ2v) is 5.64. The van der Waals surface area contributed by atoms with Crippen LogP contribution in [0.4, 0.5) is 0 Å². The lowest BCUT2D eigenvalue weighted by molar-refractivity contribution is -0.143. The van der Waals surface area contributed by atoms with Crippen molar-refractivity contribution >= 4 is 36.8 Å². The number of hydrogen-bond donors (Lipinski definition) is 6. The molecule has 1 saturated carbocycles. The Morgan fingerprint density at radius 2 is 1.37 bits per heavy atom. The van der Waals surface area contributed by atoms with Crippen LogP contribution in [0.5, 0.6) is 0 Å². The number of hydrogen-bond acceptors (Lipinski definition) is 6. The molecule has 1 aromatic carbocycles. The maximum absolute atomic E-state index is 10.5. The molecule has 1 aliphatic rings. The van der Waals surface area contributed by atoms with Crippen molar-refractivity contribution < 1.29 is 30.0 Å². The summed E-state index contributed by atoms with van der Waals surface area (Å²) in [7, 11) is 0. The minimum absolute atomic E-state index is 0. The highest BCUT2D eigenvalue weighted by Crippen LogP contribution is 2.27. The molecule has 158 valence electrons. The summed E-state index contributed by atoms with van der Waals surface area (Å²) in [6, 6.07) is 6.52. The van der Waals surface area contributed by atoms with Crippen LogP contribution in [-0.4, -0.2) is 45.7 Å². The highest BCUT2D eigenvalue weighted by molar-refractivity contribution is 5.87. The Bertz CT molecular complexity index is 509. The van der Waals surface area contributed by atoms with Gasteiger partial charge < -0.3 is 31.9 Å². The molecule has 0 amide bonds. The molecule has 0 aromatic heterocycles. The average molecular weight is 429 g/mol. The van der Waals surface area contributed by atoms with Crippen LogP contribution >= 0.6 is 24.8 Å². The number of aliphatic carboxylic acids is 1. The number of aliphatic hydroxyl groups excluding tert-OH is 1. The molecule has 8 N–H and O–H groups in total. The minimum atomic E-state index is -0.909. The lowest BCUT2D eigenvalue weighted by Gasteiger charge is -2.24. The van der Waals surface area contributed by atoms with Crippen molar-refractivity contribution in [2.24, 2.45) is 23.3 Å². The van der Waals surface area contributed by atoms with Crippen molar-refractivity contribution in [3.05, 3.63) is 35.4 Å². The van der Waals surface area contributed by atoms with Crippen molar-refractivity contribution in [2.45, 2.75) is 32.2 Å². The predicted molar refractivity (Wildman–Crippen MR) is 107 cm³/mol. The molecule has 10 heteroatoms. The van der Waals surface area contributed by atoms with Crippen LogP contribution in [-0.2, 0) is 11.3 Å². The van der Waals surface area contributed by atoms with Crippen LogP contribution in [0.2, 0.25) is 0 Å². The van der Waals surface area contributed by atoms with Gasteiger partial charge in [0.25, 0.3) is 0 Å². The fourth-order valence-corrected chi connectivity index (χ4v) is 2.43. The van der Waals surface area contributed by atoms with Crippen molar-refractivity contribution in [2.75, 3.05) is 13.3 Å². The number of rotatable bonds is 4. The standard InChI is InChI=1S/C8H15NO2.C8H9NO2.CH4O2.2ClH/c2*9-5-6-1-3-7(4-2-6)8(10)11;2-1-3;;/h6-7H,1-5,9H2,(H,10,11);1-4H,5,9H2,(H,10,11);2-3H,1H2;2*1H/t6-,7-;;;;. The van der Waals surface area contributed by atoms with E-state index in [2.05, 4.69) is 0 Å². The Hall–Kier alpha value is -1.42. The predicted octanol–water partition coefficient (Wildman–Crippen LogP) is 1.45. The number of nitrogens with two attached hydrogens (primary N) is 2. The number of aliphatic hydroxyl groups is 2. The number of aromatic carboxylic acids is 1.